The van der Waals surface area contributed by atoms with Crippen LogP contribution in [0.3, 0.4) is 0 Å². The number of rotatable bonds is 12. The van der Waals surface area contributed by atoms with Gasteiger partial charge in [0.1, 0.15) is 11.6 Å². The third kappa shape index (κ3) is 10.6. The van der Waals surface area contributed by atoms with E-state index in [9.17, 15) is 16.8 Å². The highest BCUT2D eigenvalue weighted by Crippen LogP contribution is 2.26. The zero-order valence-corrected chi connectivity index (χ0v) is 31.8. The van der Waals surface area contributed by atoms with E-state index >= 15 is 0 Å². The lowest BCUT2D eigenvalue weighted by Gasteiger charge is -2.11. The Morgan fingerprint density at radius 3 is 1.17 bits per heavy atom. The maximum atomic E-state index is 12.6. The van der Waals surface area contributed by atoms with Crippen molar-refractivity contribution in [2.75, 3.05) is 9.44 Å². The fourth-order valence-electron chi connectivity index (χ4n) is 5.28. The second-order valence-electron chi connectivity index (χ2n) is 12.0. The number of aryl methyl sites for hydroxylation is 4. The van der Waals surface area contributed by atoms with Crippen molar-refractivity contribution in [3.63, 3.8) is 0 Å². The number of nitrogens with one attached hydrogen (secondary N) is 2. The molecule has 2 N–H and O–H groups in total. The zero-order valence-electron chi connectivity index (χ0n) is 28.6. The first-order valence-corrected chi connectivity index (χ1v) is 20.2. The van der Waals surface area contributed by atoms with Gasteiger partial charge in [0.05, 0.1) is 9.79 Å². The van der Waals surface area contributed by atoms with Crippen LogP contribution in [-0.2, 0) is 45.7 Å². The molecule has 0 atom stereocenters. The van der Waals surface area contributed by atoms with Crippen LogP contribution in [0.25, 0.3) is 0 Å². The summed E-state index contributed by atoms with van der Waals surface area (Å²) in [6.45, 7) is 3.36. The Labute approximate surface area is 316 Å². The highest BCUT2D eigenvalue weighted by atomic mass is 35.5. The van der Waals surface area contributed by atoms with E-state index in [1.54, 1.807) is 62.6 Å². The van der Waals surface area contributed by atoms with Crippen LogP contribution in [0.5, 0.6) is 0 Å². The average molecular weight is 774 g/mol. The first-order valence-electron chi connectivity index (χ1n) is 16.4. The number of pyridine rings is 2. The molecule has 0 saturated carbocycles. The third-order valence-electron chi connectivity index (χ3n) is 8.23. The molecule has 6 aromatic rings. The van der Waals surface area contributed by atoms with E-state index in [4.69, 9.17) is 23.2 Å². The van der Waals surface area contributed by atoms with Crippen molar-refractivity contribution in [3.8, 4) is 0 Å². The van der Waals surface area contributed by atoms with Gasteiger partial charge in [0.25, 0.3) is 20.0 Å². The molecule has 2 heterocycles. The summed E-state index contributed by atoms with van der Waals surface area (Å²) in [7, 11) is -7.46. The molecule has 0 spiro atoms. The van der Waals surface area contributed by atoms with E-state index < -0.39 is 20.0 Å². The molecule has 0 aliphatic rings. The van der Waals surface area contributed by atoms with Gasteiger partial charge in [0, 0.05) is 22.4 Å². The minimum atomic E-state index is -3.73. The number of aromatic nitrogens is 2. The van der Waals surface area contributed by atoms with E-state index in [-0.39, 0.29) is 21.4 Å². The summed E-state index contributed by atoms with van der Waals surface area (Å²) in [5.41, 5.74) is 5.65. The third-order valence-corrected chi connectivity index (χ3v) is 12.0. The highest BCUT2D eigenvalue weighted by molar-refractivity contribution is 7.93. The van der Waals surface area contributed by atoms with Gasteiger partial charge in [-0.25, -0.2) is 26.8 Å². The number of sulfonamides is 2. The molecule has 12 heteroatoms. The molecule has 0 unspecified atom stereocenters. The lowest BCUT2D eigenvalue weighted by Crippen LogP contribution is -2.15. The smallest absolute Gasteiger partial charge is 0.263 e. The molecule has 4 aromatic carbocycles. The molecule has 268 valence electrons. The first-order chi connectivity index (χ1) is 24.9. The number of hydrogen-bond acceptors (Lipinski definition) is 6. The van der Waals surface area contributed by atoms with Crippen molar-refractivity contribution in [1.29, 1.82) is 0 Å². The topological polar surface area (TPSA) is 118 Å². The largest absolute Gasteiger partial charge is 0.263 e. The van der Waals surface area contributed by atoms with Crippen LogP contribution in [0.4, 0.5) is 11.6 Å². The molecule has 2 aromatic heterocycles. The summed E-state index contributed by atoms with van der Waals surface area (Å²) in [5, 5.41) is 0.828. The Morgan fingerprint density at radius 2 is 0.827 bits per heavy atom. The van der Waals surface area contributed by atoms with Crippen LogP contribution in [0.2, 0.25) is 10.0 Å². The van der Waals surface area contributed by atoms with E-state index in [0.29, 0.717) is 21.2 Å². The summed E-state index contributed by atoms with van der Waals surface area (Å²) in [6.07, 6.45) is 6.91. The van der Waals surface area contributed by atoms with Crippen molar-refractivity contribution in [3.05, 3.63) is 177 Å². The molecule has 52 heavy (non-hydrogen) atoms. The number of nitrogens with zero attached hydrogens (tertiary/aromatic N) is 2. The monoisotopic (exact) mass is 772 g/mol. The highest BCUT2D eigenvalue weighted by Gasteiger charge is 2.20. The Bertz CT molecular complexity index is 2140. The van der Waals surface area contributed by atoms with Crippen LogP contribution in [0.15, 0.2) is 144 Å². The molecule has 8 nitrogen and oxygen atoms in total. The molecular formula is C40H38Cl2N4O4S2. The van der Waals surface area contributed by atoms with Crippen LogP contribution < -0.4 is 9.44 Å². The van der Waals surface area contributed by atoms with Crippen LogP contribution in [0, 0.1) is 13.8 Å². The molecule has 0 aliphatic carbocycles. The molecule has 0 aliphatic heterocycles. The van der Waals surface area contributed by atoms with Gasteiger partial charge in [-0.3, -0.25) is 9.44 Å². The van der Waals surface area contributed by atoms with Crippen LogP contribution >= 0.6 is 23.2 Å². The van der Waals surface area contributed by atoms with Crippen molar-refractivity contribution >= 4 is 54.9 Å². The Hall–Kier alpha value is -4.74. The minimum absolute atomic E-state index is 0.153. The first kappa shape index (κ1) is 38.5. The van der Waals surface area contributed by atoms with Gasteiger partial charge in [0.2, 0.25) is 0 Å². The molecule has 0 fully saturated rings. The standard InChI is InChI=1S/2C20H19ClN2O2S/c2*1-15-18(21)8-5-9-19(15)26(24,25)23-20-13-12-17(14-22-20)11-10-16-6-3-2-4-7-16/h2*2-9,12-14H,10-11H2,1H3,(H,22,23). The minimum Gasteiger partial charge on any atom is -0.263 e. The Balaban J connectivity index is 0.000000201. The summed E-state index contributed by atoms with van der Waals surface area (Å²) in [5.74, 6) is 0.570. The summed E-state index contributed by atoms with van der Waals surface area (Å²) in [6, 6.07) is 37.1. The molecule has 0 saturated heterocycles. The molecule has 0 radical (unpaired) electrons. The molecule has 0 bridgehead atoms. The number of halogens is 2. The lowest BCUT2D eigenvalue weighted by molar-refractivity contribution is 0.598. The fraction of sp³-hybridized carbons (Fsp3) is 0.150. The zero-order chi connectivity index (χ0) is 37.1. The van der Waals surface area contributed by atoms with Crippen molar-refractivity contribution in [2.24, 2.45) is 0 Å². The Kier molecular flexibility index (Phi) is 13.1. The maximum absolute atomic E-state index is 12.6. The maximum Gasteiger partial charge on any atom is 0.263 e. The average Bonchev–Trinajstić information content (AvgIpc) is 3.14. The van der Waals surface area contributed by atoms with E-state index in [0.717, 1.165) is 36.8 Å². The summed E-state index contributed by atoms with van der Waals surface area (Å²) < 4.78 is 55.3. The second kappa shape index (κ2) is 17.7. The van der Waals surface area contributed by atoms with Gasteiger partial charge < -0.3 is 0 Å². The van der Waals surface area contributed by atoms with Crippen LogP contribution in [-0.4, -0.2) is 26.8 Å². The van der Waals surface area contributed by atoms with Gasteiger partial charge in [0.15, 0.2) is 0 Å². The van der Waals surface area contributed by atoms with Crippen LogP contribution in [0.1, 0.15) is 33.4 Å². The number of benzene rings is 4. The predicted molar refractivity (Wildman–Crippen MR) is 210 cm³/mol. The molecular weight excluding hydrogens is 736 g/mol. The predicted octanol–water partition coefficient (Wildman–Crippen LogP) is 9.26. The van der Waals surface area contributed by atoms with Gasteiger partial charge >= 0.3 is 0 Å². The summed E-state index contributed by atoms with van der Waals surface area (Å²) in [4.78, 5) is 8.77. The van der Waals surface area contributed by atoms with Gasteiger partial charge in [-0.2, -0.15) is 0 Å². The van der Waals surface area contributed by atoms with E-state index in [2.05, 4.69) is 43.7 Å². The normalized spacial score (nSPS) is 11.3. The molecule has 6 rings (SSSR count). The SMILES string of the molecule is Cc1c(Cl)cccc1S(=O)(=O)Nc1ccc(CCc2ccccc2)cn1.Cc1c(Cl)cccc1S(=O)(=O)Nc1ccc(CCc2ccccc2)cn1. The number of hydrogen-bond donors (Lipinski definition) is 2. The fourth-order valence-corrected chi connectivity index (χ4v) is 8.29. The van der Waals surface area contributed by atoms with Crippen molar-refractivity contribution in [1.82, 2.24) is 9.97 Å². The Morgan fingerprint density at radius 1 is 0.462 bits per heavy atom. The molecule has 0 amide bonds. The van der Waals surface area contributed by atoms with Gasteiger partial charge in [-0.05, 0) is 109 Å². The quantitative estimate of drug-likeness (QED) is 0.128. The van der Waals surface area contributed by atoms with Crippen molar-refractivity contribution in [2.45, 2.75) is 49.3 Å². The van der Waals surface area contributed by atoms with Gasteiger partial charge in [-0.1, -0.05) is 108 Å². The van der Waals surface area contributed by atoms with E-state index in [1.807, 2.05) is 48.5 Å². The van der Waals surface area contributed by atoms with Gasteiger partial charge in [-0.15, -0.1) is 0 Å². The van der Waals surface area contributed by atoms with E-state index in [1.165, 1.54) is 23.3 Å². The second-order valence-corrected chi connectivity index (χ2v) is 16.1. The summed E-state index contributed by atoms with van der Waals surface area (Å²) >= 11 is 12.0. The lowest BCUT2D eigenvalue weighted by atomic mass is 10.1. The van der Waals surface area contributed by atoms with Crippen molar-refractivity contribution < 1.29 is 16.8 Å². The number of anilines is 2.